The zero-order chi connectivity index (χ0) is 15.0. The number of halogens is 4. The van der Waals surface area contributed by atoms with Crippen LogP contribution in [0.1, 0.15) is 18.4 Å². The largest absolute Gasteiger partial charge is 0.573 e. The molecule has 0 aliphatic carbocycles. The molecule has 0 saturated carbocycles. The number of hydrogen-bond acceptors (Lipinski definition) is 3. The van der Waals surface area contributed by atoms with Gasteiger partial charge in [-0.1, -0.05) is 12.1 Å². The van der Waals surface area contributed by atoms with Crippen molar-refractivity contribution in [3.63, 3.8) is 0 Å². The van der Waals surface area contributed by atoms with E-state index in [1.165, 1.54) is 24.3 Å². The van der Waals surface area contributed by atoms with Gasteiger partial charge in [0.2, 0.25) is 5.91 Å². The molecule has 0 aromatic heterocycles. The predicted molar refractivity (Wildman–Crippen MR) is 75.4 cm³/mol. The normalized spacial score (nSPS) is 10.7. The molecule has 1 aromatic carbocycles. The summed E-state index contributed by atoms with van der Waals surface area (Å²) in [6.45, 7) is 1.04. The van der Waals surface area contributed by atoms with Gasteiger partial charge in [-0.3, -0.25) is 4.79 Å². The average Bonchev–Trinajstić information content (AvgIpc) is 2.36. The Bertz CT molecular complexity index is 424. The average molecular weight is 327 g/mol. The summed E-state index contributed by atoms with van der Waals surface area (Å²) in [5.74, 6) is -0.363. The molecule has 0 unspecified atom stereocenters. The Morgan fingerprint density at radius 1 is 1.24 bits per heavy atom. The molecule has 0 saturated heterocycles. The number of alkyl halides is 3. The maximum atomic E-state index is 12.0. The van der Waals surface area contributed by atoms with Crippen LogP contribution in [0.4, 0.5) is 13.2 Å². The second-order valence-electron chi connectivity index (χ2n) is 4.18. The second-order valence-corrected chi connectivity index (χ2v) is 4.18. The van der Waals surface area contributed by atoms with Crippen molar-refractivity contribution in [2.75, 3.05) is 13.6 Å². The lowest BCUT2D eigenvalue weighted by molar-refractivity contribution is -0.274. The minimum absolute atomic E-state index is 0. The SMILES string of the molecule is CNCCCC(=O)NCc1ccc(OC(F)(F)F)cc1.Cl. The third-order valence-corrected chi connectivity index (χ3v) is 2.48. The quantitative estimate of drug-likeness (QED) is 0.757. The first kappa shape index (κ1) is 19.5. The highest BCUT2D eigenvalue weighted by molar-refractivity contribution is 5.85. The number of rotatable bonds is 7. The lowest BCUT2D eigenvalue weighted by Crippen LogP contribution is -2.23. The van der Waals surface area contributed by atoms with Crippen LogP contribution in [0.2, 0.25) is 0 Å². The van der Waals surface area contributed by atoms with Crippen molar-refractivity contribution in [3.8, 4) is 5.75 Å². The summed E-state index contributed by atoms with van der Waals surface area (Å²) < 4.78 is 39.6. The zero-order valence-corrected chi connectivity index (χ0v) is 12.3. The van der Waals surface area contributed by atoms with Crippen LogP contribution in [0.5, 0.6) is 5.75 Å². The number of amides is 1. The van der Waals surface area contributed by atoms with Crippen LogP contribution in [-0.2, 0) is 11.3 Å². The fourth-order valence-corrected chi connectivity index (χ4v) is 1.52. The number of hydrogen-bond donors (Lipinski definition) is 2. The summed E-state index contributed by atoms with van der Waals surface area (Å²) in [4.78, 5) is 11.4. The Kier molecular flexibility index (Phi) is 8.80. The van der Waals surface area contributed by atoms with Crippen LogP contribution in [0.3, 0.4) is 0 Å². The van der Waals surface area contributed by atoms with Gasteiger partial charge in [-0.25, -0.2) is 0 Å². The van der Waals surface area contributed by atoms with Crippen molar-refractivity contribution in [1.82, 2.24) is 10.6 Å². The minimum Gasteiger partial charge on any atom is -0.406 e. The molecule has 0 aliphatic heterocycles. The number of carbonyl (C=O) groups is 1. The van der Waals surface area contributed by atoms with Crippen molar-refractivity contribution in [2.45, 2.75) is 25.7 Å². The van der Waals surface area contributed by atoms with E-state index >= 15 is 0 Å². The lowest BCUT2D eigenvalue weighted by atomic mass is 10.2. The molecule has 1 amide bonds. The van der Waals surface area contributed by atoms with Crippen LogP contribution in [0.25, 0.3) is 0 Å². The first-order valence-corrected chi connectivity index (χ1v) is 6.16. The number of ether oxygens (including phenoxy) is 1. The standard InChI is InChI=1S/C13H17F3N2O2.ClH/c1-17-8-2-3-12(19)18-9-10-4-6-11(7-5-10)20-13(14,15)16;/h4-7,17H,2-3,8-9H2,1H3,(H,18,19);1H. The highest BCUT2D eigenvalue weighted by atomic mass is 35.5. The summed E-state index contributed by atoms with van der Waals surface area (Å²) in [7, 11) is 1.81. The van der Waals surface area contributed by atoms with Gasteiger partial charge in [0.25, 0.3) is 0 Å². The number of benzene rings is 1. The van der Waals surface area contributed by atoms with Gasteiger partial charge in [0, 0.05) is 13.0 Å². The molecule has 0 spiro atoms. The molecule has 0 aliphatic rings. The Morgan fingerprint density at radius 2 is 1.86 bits per heavy atom. The van der Waals surface area contributed by atoms with E-state index in [1.807, 2.05) is 7.05 Å². The summed E-state index contributed by atoms with van der Waals surface area (Å²) in [5, 5.41) is 5.63. The molecule has 8 heteroatoms. The maximum Gasteiger partial charge on any atom is 0.573 e. The van der Waals surface area contributed by atoms with E-state index in [1.54, 1.807) is 0 Å². The predicted octanol–water partition coefficient (Wildman–Crippen LogP) is 2.62. The molecule has 1 rings (SSSR count). The van der Waals surface area contributed by atoms with E-state index in [2.05, 4.69) is 15.4 Å². The number of nitrogens with one attached hydrogen (secondary N) is 2. The van der Waals surface area contributed by atoms with Gasteiger partial charge in [-0.2, -0.15) is 0 Å². The van der Waals surface area contributed by atoms with Crippen LogP contribution in [0, 0.1) is 0 Å². The maximum absolute atomic E-state index is 12.0. The molecule has 21 heavy (non-hydrogen) atoms. The van der Waals surface area contributed by atoms with Gasteiger partial charge in [0.05, 0.1) is 0 Å². The summed E-state index contributed by atoms with van der Waals surface area (Å²) in [6, 6.07) is 5.40. The van der Waals surface area contributed by atoms with E-state index in [0.717, 1.165) is 13.0 Å². The lowest BCUT2D eigenvalue weighted by Gasteiger charge is -2.09. The highest BCUT2D eigenvalue weighted by Gasteiger charge is 2.30. The molecule has 120 valence electrons. The van der Waals surface area contributed by atoms with Gasteiger partial charge in [0.1, 0.15) is 5.75 Å². The molecule has 0 heterocycles. The molecule has 0 fully saturated rings. The Hall–Kier alpha value is -1.47. The second kappa shape index (κ2) is 9.46. The van der Waals surface area contributed by atoms with Crippen molar-refractivity contribution in [3.05, 3.63) is 29.8 Å². The molecule has 2 N–H and O–H groups in total. The summed E-state index contributed by atoms with van der Waals surface area (Å²) in [6.07, 6.45) is -3.54. The fourth-order valence-electron chi connectivity index (χ4n) is 1.52. The molecule has 0 atom stereocenters. The first-order chi connectivity index (χ1) is 9.40. The van der Waals surface area contributed by atoms with Gasteiger partial charge in [0.15, 0.2) is 0 Å². The van der Waals surface area contributed by atoms with Crippen LogP contribution < -0.4 is 15.4 Å². The molecular formula is C13H18ClF3N2O2. The number of carbonyl (C=O) groups excluding carboxylic acids is 1. The van der Waals surface area contributed by atoms with Gasteiger partial charge >= 0.3 is 6.36 Å². The molecular weight excluding hydrogens is 309 g/mol. The monoisotopic (exact) mass is 326 g/mol. The van der Waals surface area contributed by atoms with Crippen LogP contribution in [-0.4, -0.2) is 25.9 Å². The van der Waals surface area contributed by atoms with Gasteiger partial charge < -0.3 is 15.4 Å². The van der Waals surface area contributed by atoms with E-state index in [9.17, 15) is 18.0 Å². The third-order valence-electron chi connectivity index (χ3n) is 2.48. The summed E-state index contributed by atoms with van der Waals surface area (Å²) >= 11 is 0. The molecule has 1 aromatic rings. The minimum atomic E-state index is -4.69. The first-order valence-electron chi connectivity index (χ1n) is 6.16. The fraction of sp³-hybridized carbons (Fsp3) is 0.462. The molecule has 0 radical (unpaired) electrons. The van der Waals surface area contributed by atoms with Crippen molar-refractivity contribution >= 4 is 18.3 Å². The Labute approximate surface area is 127 Å². The van der Waals surface area contributed by atoms with Gasteiger partial charge in [-0.05, 0) is 37.7 Å². The Balaban J connectivity index is 0.00000400. The molecule has 0 bridgehead atoms. The van der Waals surface area contributed by atoms with E-state index in [4.69, 9.17) is 0 Å². The van der Waals surface area contributed by atoms with E-state index in [0.29, 0.717) is 12.0 Å². The van der Waals surface area contributed by atoms with Crippen molar-refractivity contribution in [1.29, 1.82) is 0 Å². The van der Waals surface area contributed by atoms with Crippen LogP contribution >= 0.6 is 12.4 Å². The topological polar surface area (TPSA) is 50.4 Å². The van der Waals surface area contributed by atoms with E-state index in [-0.39, 0.29) is 30.6 Å². The summed E-state index contributed by atoms with van der Waals surface area (Å²) in [5.41, 5.74) is 0.710. The zero-order valence-electron chi connectivity index (χ0n) is 11.5. The van der Waals surface area contributed by atoms with Crippen molar-refractivity contribution < 1.29 is 22.7 Å². The van der Waals surface area contributed by atoms with Crippen LogP contribution in [0.15, 0.2) is 24.3 Å². The van der Waals surface area contributed by atoms with Gasteiger partial charge in [-0.15, -0.1) is 25.6 Å². The highest BCUT2D eigenvalue weighted by Crippen LogP contribution is 2.22. The Morgan fingerprint density at radius 3 is 2.38 bits per heavy atom. The third kappa shape index (κ3) is 9.14. The van der Waals surface area contributed by atoms with E-state index < -0.39 is 6.36 Å². The molecule has 4 nitrogen and oxygen atoms in total. The van der Waals surface area contributed by atoms with Crippen molar-refractivity contribution in [2.24, 2.45) is 0 Å². The smallest absolute Gasteiger partial charge is 0.406 e.